The Labute approximate surface area is 157 Å². The van der Waals surface area contributed by atoms with Gasteiger partial charge in [-0.3, -0.25) is 4.79 Å². The van der Waals surface area contributed by atoms with Gasteiger partial charge < -0.3 is 14.5 Å². The van der Waals surface area contributed by atoms with Gasteiger partial charge in [-0.1, -0.05) is 18.2 Å². The Morgan fingerprint density at radius 1 is 1.30 bits per heavy atom. The topological polar surface area (TPSA) is 55.6 Å². The molecule has 0 radical (unpaired) electrons. The Bertz CT molecular complexity index is 976. The quantitative estimate of drug-likeness (QED) is 0.771. The van der Waals surface area contributed by atoms with E-state index in [1.165, 1.54) is 12.1 Å². The van der Waals surface area contributed by atoms with Gasteiger partial charge in [-0.2, -0.15) is 0 Å². The zero-order chi connectivity index (χ0) is 18.9. The van der Waals surface area contributed by atoms with Crippen LogP contribution >= 0.6 is 0 Å². The van der Waals surface area contributed by atoms with E-state index in [2.05, 4.69) is 10.3 Å². The van der Waals surface area contributed by atoms with Crippen LogP contribution in [0.3, 0.4) is 0 Å². The molecule has 1 amide bonds. The number of ether oxygens (including phenoxy) is 1. The molecule has 1 aliphatic heterocycles. The maximum atomic E-state index is 13.8. The van der Waals surface area contributed by atoms with Crippen molar-refractivity contribution in [3.05, 3.63) is 71.4 Å². The fraction of sp³-hybridized carbons (Fsp3) is 0.333. The van der Waals surface area contributed by atoms with Gasteiger partial charge in [0.05, 0.1) is 17.7 Å². The Kier molecular flexibility index (Phi) is 4.66. The molecule has 27 heavy (non-hydrogen) atoms. The number of nitrogens with zero attached hydrogens (tertiary/aromatic N) is 2. The number of hydrogen-bond acceptors (Lipinski definition) is 3. The predicted octanol–water partition coefficient (Wildman–Crippen LogP) is 3.15. The summed E-state index contributed by atoms with van der Waals surface area (Å²) in [5, 5.41) is 3.02. The molecule has 0 unspecified atom stereocenters. The van der Waals surface area contributed by atoms with Crippen molar-refractivity contribution in [2.45, 2.75) is 31.7 Å². The summed E-state index contributed by atoms with van der Waals surface area (Å²) in [7, 11) is 0. The molecule has 0 atom stereocenters. The Morgan fingerprint density at radius 3 is 2.85 bits per heavy atom. The lowest BCUT2D eigenvalue weighted by Crippen LogP contribution is -2.47. The van der Waals surface area contributed by atoms with Crippen molar-refractivity contribution in [2.24, 2.45) is 0 Å². The minimum atomic E-state index is -0.768. The van der Waals surface area contributed by atoms with Crippen molar-refractivity contribution < 1.29 is 13.9 Å². The van der Waals surface area contributed by atoms with Crippen LogP contribution in [0, 0.1) is 12.7 Å². The van der Waals surface area contributed by atoms with Crippen molar-refractivity contribution in [1.82, 2.24) is 14.7 Å². The number of fused-ring (bicyclic) bond motifs is 1. The molecule has 1 N–H and O–H groups in total. The van der Waals surface area contributed by atoms with Crippen LogP contribution in [0.2, 0.25) is 0 Å². The molecule has 1 fully saturated rings. The highest BCUT2D eigenvalue weighted by molar-refractivity contribution is 5.88. The van der Waals surface area contributed by atoms with Gasteiger partial charge in [0, 0.05) is 25.6 Å². The molecule has 140 valence electrons. The minimum Gasteiger partial charge on any atom is -0.381 e. The third-order valence-electron chi connectivity index (χ3n) is 5.32. The highest BCUT2D eigenvalue weighted by Gasteiger charge is 2.41. The number of aryl methyl sites for hydroxylation is 1. The smallest absolute Gasteiger partial charge is 0.231 e. The highest BCUT2D eigenvalue weighted by atomic mass is 19.1. The number of rotatable bonds is 4. The lowest BCUT2D eigenvalue weighted by Gasteiger charge is -2.36. The number of carbonyl (C=O) groups excluding carboxylic acids is 1. The Morgan fingerprint density at radius 2 is 2.11 bits per heavy atom. The third kappa shape index (κ3) is 3.32. The summed E-state index contributed by atoms with van der Waals surface area (Å²) in [6.07, 6.45) is 4.92. The monoisotopic (exact) mass is 367 g/mol. The second-order valence-electron chi connectivity index (χ2n) is 7.04. The maximum absolute atomic E-state index is 13.8. The van der Waals surface area contributed by atoms with Crippen molar-refractivity contribution in [3.63, 3.8) is 0 Å². The van der Waals surface area contributed by atoms with Gasteiger partial charge in [-0.05, 0) is 49.1 Å². The largest absolute Gasteiger partial charge is 0.381 e. The summed E-state index contributed by atoms with van der Waals surface area (Å²) in [5.41, 5.74) is 2.69. The highest BCUT2D eigenvalue weighted by Crippen LogP contribution is 2.35. The number of carbonyl (C=O) groups is 1. The van der Waals surface area contributed by atoms with Gasteiger partial charge in [-0.15, -0.1) is 0 Å². The van der Waals surface area contributed by atoms with E-state index in [9.17, 15) is 9.18 Å². The number of pyridine rings is 1. The van der Waals surface area contributed by atoms with Crippen molar-refractivity contribution in [1.29, 1.82) is 0 Å². The van der Waals surface area contributed by atoms with Gasteiger partial charge in [0.25, 0.3) is 0 Å². The van der Waals surface area contributed by atoms with Crippen LogP contribution in [0.25, 0.3) is 5.65 Å². The standard InChI is InChI=1S/C21H22FN3O2/c1-15-4-3-9-25-14-18(24-19(15)25)13-23-20(26)21(7-10-27-11-8-21)16-5-2-6-17(22)12-16/h2-6,9,12,14H,7-8,10-11,13H2,1H3,(H,23,26). The van der Waals surface area contributed by atoms with Crippen LogP contribution in [0.5, 0.6) is 0 Å². The van der Waals surface area contributed by atoms with E-state index in [1.54, 1.807) is 6.07 Å². The minimum absolute atomic E-state index is 0.106. The molecular formula is C21H22FN3O2. The molecular weight excluding hydrogens is 345 g/mol. The number of nitrogens with one attached hydrogen (secondary N) is 1. The van der Waals surface area contributed by atoms with Gasteiger partial charge in [0.15, 0.2) is 0 Å². The van der Waals surface area contributed by atoms with Gasteiger partial charge in [0.1, 0.15) is 11.5 Å². The first-order valence-corrected chi connectivity index (χ1v) is 9.14. The molecule has 0 bridgehead atoms. The molecule has 4 rings (SSSR count). The Balaban J connectivity index is 1.57. The van der Waals surface area contributed by atoms with E-state index in [0.29, 0.717) is 38.2 Å². The average molecular weight is 367 g/mol. The van der Waals surface area contributed by atoms with E-state index >= 15 is 0 Å². The van der Waals surface area contributed by atoms with Crippen LogP contribution in [0.15, 0.2) is 48.8 Å². The summed E-state index contributed by atoms with van der Waals surface area (Å²) in [6.45, 7) is 3.30. The van der Waals surface area contributed by atoms with Crippen LogP contribution in [0.4, 0.5) is 4.39 Å². The van der Waals surface area contributed by atoms with E-state index in [0.717, 1.165) is 16.9 Å². The van der Waals surface area contributed by atoms with Crippen LogP contribution in [-0.4, -0.2) is 28.5 Å². The summed E-state index contributed by atoms with van der Waals surface area (Å²) in [6, 6.07) is 10.3. The predicted molar refractivity (Wildman–Crippen MR) is 99.9 cm³/mol. The molecule has 2 aromatic heterocycles. The van der Waals surface area contributed by atoms with Gasteiger partial charge in [0.2, 0.25) is 5.91 Å². The number of imidazole rings is 1. The van der Waals surface area contributed by atoms with E-state index in [1.807, 2.05) is 41.9 Å². The molecule has 3 heterocycles. The van der Waals surface area contributed by atoms with Crippen molar-refractivity contribution >= 4 is 11.6 Å². The van der Waals surface area contributed by atoms with Gasteiger partial charge >= 0.3 is 0 Å². The average Bonchev–Trinajstić information content (AvgIpc) is 3.11. The summed E-state index contributed by atoms with van der Waals surface area (Å²) >= 11 is 0. The fourth-order valence-electron chi connectivity index (χ4n) is 3.78. The zero-order valence-corrected chi connectivity index (χ0v) is 15.2. The first kappa shape index (κ1) is 17.7. The third-order valence-corrected chi connectivity index (χ3v) is 5.32. The number of hydrogen-bond donors (Lipinski definition) is 1. The normalized spacial score (nSPS) is 16.4. The van der Waals surface area contributed by atoms with E-state index < -0.39 is 5.41 Å². The van der Waals surface area contributed by atoms with E-state index in [4.69, 9.17) is 4.74 Å². The first-order chi connectivity index (χ1) is 13.1. The lowest BCUT2D eigenvalue weighted by molar-refractivity contribution is -0.130. The van der Waals surface area contributed by atoms with Crippen LogP contribution in [0.1, 0.15) is 29.7 Å². The molecule has 1 saturated heterocycles. The molecule has 1 aromatic carbocycles. The molecule has 0 aliphatic carbocycles. The molecule has 1 aliphatic rings. The molecule has 0 saturated carbocycles. The molecule has 6 heteroatoms. The lowest BCUT2D eigenvalue weighted by atomic mass is 9.73. The summed E-state index contributed by atoms with van der Waals surface area (Å²) < 4.78 is 21.2. The number of benzene rings is 1. The van der Waals surface area contributed by atoms with Gasteiger partial charge in [-0.25, -0.2) is 9.37 Å². The van der Waals surface area contributed by atoms with Crippen molar-refractivity contribution in [2.75, 3.05) is 13.2 Å². The Hall–Kier alpha value is -2.73. The van der Waals surface area contributed by atoms with Crippen LogP contribution in [-0.2, 0) is 21.5 Å². The zero-order valence-electron chi connectivity index (χ0n) is 15.2. The first-order valence-electron chi connectivity index (χ1n) is 9.14. The summed E-state index contributed by atoms with van der Waals surface area (Å²) in [4.78, 5) is 17.8. The number of halogens is 1. The van der Waals surface area contributed by atoms with Crippen molar-refractivity contribution in [3.8, 4) is 0 Å². The summed E-state index contributed by atoms with van der Waals surface area (Å²) in [5.74, 6) is -0.438. The SMILES string of the molecule is Cc1cccn2cc(CNC(=O)C3(c4cccc(F)c4)CCOCC3)nc12. The number of amides is 1. The molecule has 5 nitrogen and oxygen atoms in total. The molecule has 0 spiro atoms. The maximum Gasteiger partial charge on any atom is 0.231 e. The molecule has 3 aromatic rings. The second-order valence-corrected chi connectivity index (χ2v) is 7.04. The second kappa shape index (κ2) is 7.12. The van der Waals surface area contributed by atoms with E-state index in [-0.39, 0.29) is 11.7 Å². The number of aromatic nitrogens is 2. The fourth-order valence-corrected chi connectivity index (χ4v) is 3.78. The van der Waals surface area contributed by atoms with Crippen LogP contribution < -0.4 is 5.32 Å².